The Morgan fingerprint density at radius 2 is 2.26 bits per heavy atom. The van der Waals surface area contributed by atoms with Crippen LogP contribution in [0.4, 0.5) is 15.8 Å². The average molecular weight is 283 g/mol. The fourth-order valence-electron chi connectivity index (χ4n) is 1.56. The highest BCUT2D eigenvalue weighted by molar-refractivity contribution is 7.07. The van der Waals surface area contributed by atoms with Crippen molar-refractivity contribution in [3.05, 3.63) is 44.3 Å². The number of halogens is 1. The van der Waals surface area contributed by atoms with E-state index >= 15 is 0 Å². The van der Waals surface area contributed by atoms with Crippen molar-refractivity contribution in [2.24, 2.45) is 0 Å². The van der Waals surface area contributed by atoms with Crippen molar-refractivity contribution < 1.29 is 14.3 Å². The summed E-state index contributed by atoms with van der Waals surface area (Å²) in [7, 11) is 0. The molecule has 8 heteroatoms. The summed E-state index contributed by atoms with van der Waals surface area (Å²) in [6, 6.07) is 2.38. The Labute approximate surface area is 110 Å². The molecule has 2 rings (SSSR count). The fourth-order valence-corrected chi connectivity index (χ4v) is 2.14. The molecule has 0 saturated carbocycles. The van der Waals surface area contributed by atoms with E-state index in [0.717, 1.165) is 17.4 Å². The van der Waals surface area contributed by atoms with Gasteiger partial charge in [0.2, 0.25) is 0 Å². The number of nitrogens with two attached hydrogens (primary N) is 1. The van der Waals surface area contributed by atoms with E-state index < -0.39 is 17.5 Å². The number of carboxylic acids is 1. The first-order valence-electron chi connectivity index (χ1n) is 5.21. The normalized spacial score (nSPS) is 10.4. The number of carboxylic acid groups (broad SMARTS) is 1. The molecular weight excluding hydrogens is 273 g/mol. The molecule has 1 heterocycles. The van der Waals surface area contributed by atoms with Gasteiger partial charge < -0.3 is 21.1 Å². The van der Waals surface area contributed by atoms with Crippen LogP contribution in [0.1, 0.15) is 16.1 Å². The molecule has 0 spiro atoms. The lowest BCUT2D eigenvalue weighted by atomic mass is 10.1. The van der Waals surface area contributed by atoms with Gasteiger partial charge >= 0.3 is 10.8 Å². The van der Waals surface area contributed by atoms with E-state index in [9.17, 15) is 14.0 Å². The Bertz CT molecular complexity index is 680. The van der Waals surface area contributed by atoms with Gasteiger partial charge in [-0.3, -0.25) is 4.79 Å². The zero-order valence-electron chi connectivity index (χ0n) is 9.57. The van der Waals surface area contributed by atoms with Crippen LogP contribution in [0, 0.1) is 5.82 Å². The summed E-state index contributed by atoms with van der Waals surface area (Å²) in [6.45, 7) is 0.212. The minimum atomic E-state index is -1.32. The van der Waals surface area contributed by atoms with Gasteiger partial charge in [0.1, 0.15) is 11.4 Å². The Hall–Kier alpha value is -2.35. The first-order chi connectivity index (χ1) is 8.99. The smallest absolute Gasteiger partial charge is 0.340 e. The number of anilines is 2. The number of carbonyl (C=O) groups is 1. The van der Waals surface area contributed by atoms with Crippen molar-refractivity contribution in [2.75, 3.05) is 11.1 Å². The summed E-state index contributed by atoms with van der Waals surface area (Å²) in [5.41, 5.74) is 5.46. The van der Waals surface area contributed by atoms with Crippen LogP contribution in [-0.4, -0.2) is 16.1 Å². The second-order valence-corrected chi connectivity index (χ2v) is 4.56. The van der Waals surface area contributed by atoms with E-state index in [1.54, 1.807) is 5.38 Å². The molecule has 0 unspecified atom stereocenters. The first kappa shape index (κ1) is 13.1. The maximum absolute atomic E-state index is 13.2. The SMILES string of the molecule is Nc1c(F)ccc(NCc2csc(=O)[nH]2)c1C(=O)O. The highest BCUT2D eigenvalue weighted by Gasteiger charge is 2.17. The molecule has 2 aromatic rings. The Morgan fingerprint density at radius 3 is 2.84 bits per heavy atom. The first-order valence-corrected chi connectivity index (χ1v) is 6.09. The number of nitrogen functional groups attached to an aromatic ring is 1. The third-order valence-electron chi connectivity index (χ3n) is 2.45. The number of aromatic nitrogens is 1. The maximum Gasteiger partial charge on any atom is 0.340 e. The van der Waals surface area contributed by atoms with Crippen LogP contribution in [0.3, 0.4) is 0 Å². The summed E-state index contributed by atoms with van der Waals surface area (Å²) in [5.74, 6) is -2.11. The molecule has 0 fully saturated rings. The maximum atomic E-state index is 13.2. The van der Waals surface area contributed by atoms with Crippen LogP contribution >= 0.6 is 11.3 Å². The molecule has 0 aliphatic rings. The third-order valence-corrected chi connectivity index (χ3v) is 3.16. The minimum absolute atomic E-state index is 0.193. The van der Waals surface area contributed by atoms with Crippen LogP contribution in [-0.2, 0) is 6.54 Å². The number of aromatic carboxylic acids is 1. The van der Waals surface area contributed by atoms with Gasteiger partial charge in [0.15, 0.2) is 0 Å². The van der Waals surface area contributed by atoms with E-state index in [0.29, 0.717) is 5.69 Å². The number of hydrogen-bond acceptors (Lipinski definition) is 5. The summed E-state index contributed by atoms with van der Waals surface area (Å²) < 4.78 is 13.2. The lowest BCUT2D eigenvalue weighted by Gasteiger charge is -2.11. The van der Waals surface area contributed by atoms with E-state index in [1.165, 1.54) is 6.07 Å². The number of thiazole rings is 1. The molecule has 100 valence electrons. The van der Waals surface area contributed by atoms with Crippen molar-refractivity contribution in [1.29, 1.82) is 0 Å². The number of rotatable bonds is 4. The van der Waals surface area contributed by atoms with Crippen LogP contribution in [0.2, 0.25) is 0 Å². The lowest BCUT2D eigenvalue weighted by Crippen LogP contribution is -2.11. The molecule has 1 aromatic heterocycles. The summed E-state index contributed by atoms with van der Waals surface area (Å²) >= 11 is 1.00. The van der Waals surface area contributed by atoms with E-state index in [1.807, 2.05) is 0 Å². The number of aromatic amines is 1. The largest absolute Gasteiger partial charge is 0.478 e. The van der Waals surface area contributed by atoms with Crippen molar-refractivity contribution >= 4 is 28.7 Å². The van der Waals surface area contributed by atoms with Crippen LogP contribution < -0.4 is 15.9 Å². The molecular formula is C11H10FN3O3S. The predicted octanol–water partition coefficient (Wildman–Crippen LogP) is 1.47. The predicted molar refractivity (Wildman–Crippen MR) is 70.0 cm³/mol. The zero-order chi connectivity index (χ0) is 14.0. The highest BCUT2D eigenvalue weighted by atomic mass is 32.1. The molecule has 0 radical (unpaired) electrons. The summed E-state index contributed by atoms with van der Waals surface area (Å²) in [6.07, 6.45) is 0. The lowest BCUT2D eigenvalue weighted by molar-refractivity contribution is 0.0698. The quantitative estimate of drug-likeness (QED) is 0.635. The Kier molecular flexibility index (Phi) is 3.52. The monoisotopic (exact) mass is 283 g/mol. The van der Waals surface area contributed by atoms with Crippen molar-refractivity contribution in [3.8, 4) is 0 Å². The van der Waals surface area contributed by atoms with Crippen LogP contribution in [0.5, 0.6) is 0 Å². The van der Waals surface area contributed by atoms with E-state index in [4.69, 9.17) is 10.8 Å². The molecule has 0 atom stereocenters. The second-order valence-electron chi connectivity index (χ2n) is 3.72. The summed E-state index contributed by atoms with van der Waals surface area (Å²) in [4.78, 5) is 24.4. The molecule has 0 aliphatic heterocycles. The van der Waals surface area contributed by atoms with E-state index in [2.05, 4.69) is 10.3 Å². The standard InChI is InChI=1S/C11H10FN3O3S/c12-6-1-2-7(8(9(6)13)10(16)17)14-3-5-4-19-11(18)15-5/h1-2,4,14H,3,13H2,(H,15,18)(H,16,17). The highest BCUT2D eigenvalue weighted by Crippen LogP contribution is 2.25. The number of H-pyrrole nitrogens is 1. The Balaban J connectivity index is 2.27. The van der Waals surface area contributed by atoms with Crippen LogP contribution in [0.15, 0.2) is 22.3 Å². The number of nitrogens with one attached hydrogen (secondary N) is 2. The molecule has 6 nitrogen and oxygen atoms in total. The minimum Gasteiger partial charge on any atom is -0.478 e. The number of benzene rings is 1. The topological polar surface area (TPSA) is 108 Å². The molecule has 1 aromatic carbocycles. The van der Waals surface area contributed by atoms with Gasteiger partial charge in [0.25, 0.3) is 0 Å². The van der Waals surface area contributed by atoms with Gasteiger partial charge in [-0.25, -0.2) is 9.18 Å². The van der Waals surface area contributed by atoms with Gasteiger partial charge in [0.05, 0.1) is 17.9 Å². The van der Waals surface area contributed by atoms with E-state index in [-0.39, 0.29) is 22.7 Å². The van der Waals surface area contributed by atoms with Crippen molar-refractivity contribution in [2.45, 2.75) is 6.54 Å². The van der Waals surface area contributed by atoms with Gasteiger partial charge in [-0.1, -0.05) is 11.3 Å². The summed E-state index contributed by atoms with van der Waals surface area (Å²) in [5, 5.41) is 13.4. The molecule has 0 bridgehead atoms. The average Bonchev–Trinajstić information content (AvgIpc) is 2.76. The Morgan fingerprint density at radius 1 is 1.53 bits per heavy atom. The molecule has 0 amide bonds. The van der Waals surface area contributed by atoms with Crippen molar-refractivity contribution in [1.82, 2.24) is 4.98 Å². The third kappa shape index (κ3) is 2.74. The van der Waals surface area contributed by atoms with Crippen molar-refractivity contribution in [3.63, 3.8) is 0 Å². The second kappa shape index (κ2) is 5.11. The number of hydrogen-bond donors (Lipinski definition) is 4. The van der Waals surface area contributed by atoms with Crippen LogP contribution in [0.25, 0.3) is 0 Å². The van der Waals surface area contributed by atoms with Gasteiger partial charge in [-0.05, 0) is 12.1 Å². The van der Waals surface area contributed by atoms with Gasteiger partial charge in [-0.15, -0.1) is 0 Å². The molecule has 0 saturated heterocycles. The van der Waals surface area contributed by atoms with Gasteiger partial charge in [0, 0.05) is 11.1 Å². The zero-order valence-corrected chi connectivity index (χ0v) is 10.4. The molecule has 5 N–H and O–H groups in total. The van der Waals surface area contributed by atoms with Gasteiger partial charge in [-0.2, -0.15) is 0 Å². The molecule has 19 heavy (non-hydrogen) atoms. The fraction of sp³-hybridized carbons (Fsp3) is 0.0909. The molecule has 0 aliphatic carbocycles.